The number of pyridine rings is 1. The standard InChI is InChI=1S/C19H27N3O/c23-18(11-17-3-1-8-20-12-17)22-9-2-6-19(15-22)7-10-21(14-19)13-16-4-5-16/h1,3,8,12,16H,2,4-7,9-11,13-15H2/t19-/m1/s1. The van der Waals surface area contributed by atoms with Crippen LogP contribution in [0.15, 0.2) is 24.5 Å². The molecule has 0 bridgehead atoms. The maximum absolute atomic E-state index is 12.7. The fraction of sp³-hybridized carbons (Fsp3) is 0.684. The molecular formula is C19H27N3O. The number of carbonyl (C=O) groups is 1. The Bertz CT molecular complexity index is 557. The molecule has 1 atom stereocenters. The Morgan fingerprint density at radius 1 is 1.26 bits per heavy atom. The molecule has 2 saturated heterocycles. The third-order valence-electron chi connectivity index (χ3n) is 5.82. The van der Waals surface area contributed by atoms with Crippen molar-refractivity contribution in [3.05, 3.63) is 30.1 Å². The van der Waals surface area contributed by atoms with Crippen molar-refractivity contribution in [3.8, 4) is 0 Å². The molecule has 1 aromatic heterocycles. The van der Waals surface area contributed by atoms with Crippen molar-refractivity contribution >= 4 is 5.91 Å². The number of likely N-dealkylation sites (tertiary alicyclic amines) is 2. The van der Waals surface area contributed by atoms with Crippen LogP contribution in [-0.4, -0.2) is 53.4 Å². The van der Waals surface area contributed by atoms with Crippen LogP contribution < -0.4 is 0 Å². The number of carbonyl (C=O) groups excluding carboxylic acids is 1. The molecule has 0 radical (unpaired) electrons. The highest BCUT2D eigenvalue weighted by molar-refractivity contribution is 5.78. The monoisotopic (exact) mass is 313 g/mol. The molecule has 1 aliphatic carbocycles. The fourth-order valence-corrected chi connectivity index (χ4v) is 4.39. The number of nitrogens with zero attached hydrogens (tertiary/aromatic N) is 3. The molecule has 0 aromatic carbocycles. The van der Waals surface area contributed by atoms with Gasteiger partial charge in [-0.25, -0.2) is 0 Å². The quantitative estimate of drug-likeness (QED) is 0.856. The molecule has 1 amide bonds. The van der Waals surface area contributed by atoms with E-state index in [0.717, 1.165) is 31.0 Å². The number of hydrogen-bond donors (Lipinski definition) is 0. The molecule has 3 aliphatic rings. The largest absolute Gasteiger partial charge is 0.342 e. The molecule has 4 rings (SSSR count). The predicted octanol–water partition coefficient (Wildman–Crippen LogP) is 2.35. The molecule has 1 aromatic rings. The van der Waals surface area contributed by atoms with Crippen molar-refractivity contribution in [1.29, 1.82) is 0 Å². The average Bonchev–Trinajstić information content (AvgIpc) is 3.30. The van der Waals surface area contributed by atoms with Gasteiger partial charge in [-0.1, -0.05) is 6.07 Å². The number of piperidine rings is 1. The zero-order valence-corrected chi connectivity index (χ0v) is 13.9. The Kier molecular flexibility index (Phi) is 4.10. The van der Waals surface area contributed by atoms with Crippen LogP contribution in [0.2, 0.25) is 0 Å². The maximum atomic E-state index is 12.7. The maximum Gasteiger partial charge on any atom is 0.227 e. The van der Waals surface area contributed by atoms with Crippen molar-refractivity contribution in [2.45, 2.75) is 38.5 Å². The molecule has 23 heavy (non-hydrogen) atoms. The first-order chi connectivity index (χ1) is 11.2. The second-order valence-corrected chi connectivity index (χ2v) is 7.89. The zero-order valence-electron chi connectivity index (χ0n) is 13.9. The summed E-state index contributed by atoms with van der Waals surface area (Å²) in [6, 6.07) is 3.91. The minimum absolute atomic E-state index is 0.276. The lowest BCUT2D eigenvalue weighted by atomic mass is 9.79. The van der Waals surface area contributed by atoms with Gasteiger partial charge in [-0.15, -0.1) is 0 Å². The lowest BCUT2D eigenvalue weighted by Crippen LogP contribution is -2.47. The second-order valence-electron chi connectivity index (χ2n) is 7.89. The van der Waals surface area contributed by atoms with Crippen LogP contribution in [-0.2, 0) is 11.2 Å². The van der Waals surface area contributed by atoms with Crippen LogP contribution in [0.4, 0.5) is 0 Å². The third-order valence-corrected chi connectivity index (χ3v) is 5.82. The van der Waals surface area contributed by atoms with Gasteiger partial charge in [-0.2, -0.15) is 0 Å². The van der Waals surface area contributed by atoms with Crippen LogP contribution >= 0.6 is 0 Å². The molecule has 3 fully saturated rings. The van der Waals surface area contributed by atoms with Gasteiger partial charge in [0.25, 0.3) is 0 Å². The summed E-state index contributed by atoms with van der Waals surface area (Å²) in [6.07, 6.45) is 10.7. The Hall–Kier alpha value is -1.42. The van der Waals surface area contributed by atoms with E-state index in [0.29, 0.717) is 11.8 Å². The first-order valence-electron chi connectivity index (χ1n) is 9.12. The summed E-state index contributed by atoms with van der Waals surface area (Å²) >= 11 is 0. The van der Waals surface area contributed by atoms with Crippen molar-refractivity contribution in [1.82, 2.24) is 14.8 Å². The van der Waals surface area contributed by atoms with Gasteiger partial charge in [0.05, 0.1) is 6.42 Å². The second kappa shape index (κ2) is 6.23. The highest BCUT2D eigenvalue weighted by Gasteiger charge is 2.43. The van der Waals surface area contributed by atoms with Gasteiger partial charge in [0.15, 0.2) is 0 Å². The van der Waals surface area contributed by atoms with E-state index in [1.54, 1.807) is 6.20 Å². The van der Waals surface area contributed by atoms with Gasteiger partial charge >= 0.3 is 0 Å². The third kappa shape index (κ3) is 3.57. The van der Waals surface area contributed by atoms with E-state index >= 15 is 0 Å². The van der Waals surface area contributed by atoms with Crippen LogP contribution in [0.3, 0.4) is 0 Å². The molecule has 0 unspecified atom stereocenters. The first kappa shape index (κ1) is 15.1. The van der Waals surface area contributed by atoms with Gasteiger partial charge in [0, 0.05) is 44.0 Å². The molecule has 1 saturated carbocycles. The molecule has 2 aliphatic heterocycles. The lowest BCUT2D eigenvalue weighted by molar-refractivity contribution is -0.133. The number of aromatic nitrogens is 1. The summed E-state index contributed by atoms with van der Waals surface area (Å²) < 4.78 is 0. The highest BCUT2D eigenvalue weighted by atomic mass is 16.2. The van der Waals surface area contributed by atoms with Gasteiger partial charge in [0.1, 0.15) is 0 Å². The SMILES string of the molecule is O=C(Cc1cccnc1)N1CCC[C@]2(CCN(CC3CC3)C2)C1. The number of amides is 1. The van der Waals surface area contributed by atoms with Crippen molar-refractivity contribution < 1.29 is 4.79 Å². The van der Waals surface area contributed by atoms with Crippen LogP contribution in [0.1, 0.15) is 37.7 Å². The number of rotatable bonds is 4. The Morgan fingerprint density at radius 3 is 2.96 bits per heavy atom. The fourth-order valence-electron chi connectivity index (χ4n) is 4.39. The van der Waals surface area contributed by atoms with E-state index in [4.69, 9.17) is 0 Å². The van der Waals surface area contributed by atoms with Gasteiger partial charge in [-0.3, -0.25) is 9.78 Å². The Morgan fingerprint density at radius 2 is 2.17 bits per heavy atom. The van der Waals surface area contributed by atoms with E-state index in [-0.39, 0.29) is 5.91 Å². The van der Waals surface area contributed by atoms with Crippen LogP contribution in [0, 0.1) is 11.3 Å². The summed E-state index contributed by atoms with van der Waals surface area (Å²) in [7, 11) is 0. The van der Waals surface area contributed by atoms with Crippen LogP contribution in [0.5, 0.6) is 0 Å². The van der Waals surface area contributed by atoms with E-state index < -0.39 is 0 Å². The van der Waals surface area contributed by atoms with Crippen molar-refractivity contribution in [3.63, 3.8) is 0 Å². The predicted molar refractivity (Wildman–Crippen MR) is 90.0 cm³/mol. The van der Waals surface area contributed by atoms with Crippen molar-refractivity contribution in [2.24, 2.45) is 11.3 Å². The van der Waals surface area contributed by atoms with Crippen LogP contribution in [0.25, 0.3) is 0 Å². The molecular weight excluding hydrogens is 286 g/mol. The van der Waals surface area contributed by atoms with Crippen molar-refractivity contribution in [2.75, 3.05) is 32.7 Å². The van der Waals surface area contributed by atoms with Gasteiger partial charge in [0.2, 0.25) is 5.91 Å². The summed E-state index contributed by atoms with van der Waals surface area (Å²) in [4.78, 5) is 21.6. The molecule has 124 valence electrons. The van der Waals surface area contributed by atoms with E-state index in [1.807, 2.05) is 18.3 Å². The molecule has 4 heteroatoms. The van der Waals surface area contributed by atoms with E-state index in [9.17, 15) is 4.79 Å². The normalized spacial score (nSPS) is 28.4. The smallest absolute Gasteiger partial charge is 0.227 e. The Labute approximate surface area is 138 Å². The first-order valence-corrected chi connectivity index (χ1v) is 9.12. The van der Waals surface area contributed by atoms with E-state index in [1.165, 1.54) is 45.3 Å². The minimum Gasteiger partial charge on any atom is -0.342 e. The highest BCUT2D eigenvalue weighted by Crippen LogP contribution is 2.41. The summed E-state index contributed by atoms with van der Waals surface area (Å²) in [6.45, 7) is 5.64. The summed E-state index contributed by atoms with van der Waals surface area (Å²) in [5.74, 6) is 1.25. The molecule has 4 nitrogen and oxygen atoms in total. The Balaban J connectivity index is 1.36. The van der Waals surface area contributed by atoms with E-state index in [2.05, 4.69) is 14.8 Å². The minimum atomic E-state index is 0.276. The summed E-state index contributed by atoms with van der Waals surface area (Å²) in [5.41, 5.74) is 1.40. The topological polar surface area (TPSA) is 36.4 Å². The number of hydrogen-bond acceptors (Lipinski definition) is 3. The lowest BCUT2D eigenvalue weighted by Gasteiger charge is -2.40. The van der Waals surface area contributed by atoms with Gasteiger partial charge < -0.3 is 9.80 Å². The molecule has 1 spiro atoms. The average molecular weight is 313 g/mol. The van der Waals surface area contributed by atoms with Gasteiger partial charge in [-0.05, 0) is 56.2 Å². The zero-order chi connectivity index (χ0) is 15.7. The molecule has 0 N–H and O–H groups in total. The summed E-state index contributed by atoms with van der Waals surface area (Å²) in [5, 5.41) is 0. The molecule has 3 heterocycles.